The number of para-hydroxylation sites is 1. The number of nitriles is 1. The first-order valence-electron chi connectivity index (χ1n) is 12.4. The number of hydrogen-bond donors (Lipinski definition) is 1. The molecule has 1 aliphatic carbocycles. The van der Waals surface area contributed by atoms with Crippen LogP contribution in [0.5, 0.6) is 5.75 Å². The summed E-state index contributed by atoms with van der Waals surface area (Å²) in [5.74, 6) is 0.495. The second kappa shape index (κ2) is 11.5. The van der Waals surface area contributed by atoms with Gasteiger partial charge >= 0.3 is 0 Å². The maximum absolute atomic E-state index is 12.9. The van der Waals surface area contributed by atoms with E-state index in [1.165, 1.54) is 6.42 Å². The molecule has 1 aliphatic rings. The quantitative estimate of drug-likeness (QED) is 0.325. The Hall–Kier alpha value is -3.85. The predicted molar refractivity (Wildman–Crippen MR) is 138 cm³/mol. The normalized spacial score (nSPS) is 14.4. The third-order valence-corrected chi connectivity index (χ3v) is 6.29. The molecular weight excluding hydrogens is 436 g/mol. The second-order valence-corrected chi connectivity index (χ2v) is 9.02. The Morgan fingerprint density at radius 2 is 1.97 bits per heavy atom. The van der Waals surface area contributed by atoms with Gasteiger partial charge in [-0.2, -0.15) is 10.4 Å². The lowest BCUT2D eigenvalue weighted by atomic mass is 9.95. The van der Waals surface area contributed by atoms with E-state index in [1.807, 2.05) is 61.7 Å². The number of carbonyl (C=O) groups excluding carboxylic acids is 1. The van der Waals surface area contributed by atoms with Crippen LogP contribution in [-0.4, -0.2) is 28.3 Å². The third kappa shape index (κ3) is 5.99. The van der Waals surface area contributed by atoms with E-state index in [4.69, 9.17) is 9.84 Å². The first-order valence-corrected chi connectivity index (χ1v) is 12.4. The van der Waals surface area contributed by atoms with Crippen molar-refractivity contribution in [3.63, 3.8) is 0 Å². The van der Waals surface area contributed by atoms with E-state index in [0.29, 0.717) is 12.3 Å². The second-order valence-electron chi connectivity index (χ2n) is 9.02. The SMILES string of the molecule is CCCOc1ccc(-c2nn(-c3ccccc3)cc2/C=C(\C#N)C(=O)NC2CCCCC2)c(C)c1. The third-order valence-electron chi connectivity index (χ3n) is 6.29. The molecule has 1 aromatic heterocycles. The lowest BCUT2D eigenvalue weighted by Crippen LogP contribution is -2.36. The molecule has 1 amide bonds. The van der Waals surface area contributed by atoms with Gasteiger partial charge in [0.1, 0.15) is 23.1 Å². The van der Waals surface area contributed by atoms with E-state index in [-0.39, 0.29) is 17.5 Å². The van der Waals surface area contributed by atoms with Gasteiger partial charge in [0, 0.05) is 23.4 Å². The van der Waals surface area contributed by atoms with Crippen molar-refractivity contribution in [2.45, 2.75) is 58.4 Å². The van der Waals surface area contributed by atoms with Crippen LogP contribution in [0.3, 0.4) is 0 Å². The topological polar surface area (TPSA) is 79.9 Å². The summed E-state index contributed by atoms with van der Waals surface area (Å²) in [4.78, 5) is 12.9. The highest BCUT2D eigenvalue weighted by atomic mass is 16.5. The van der Waals surface area contributed by atoms with Crippen molar-refractivity contribution < 1.29 is 9.53 Å². The minimum atomic E-state index is -0.321. The van der Waals surface area contributed by atoms with Gasteiger partial charge in [0.25, 0.3) is 5.91 Å². The number of rotatable bonds is 8. The zero-order chi connectivity index (χ0) is 24.6. The molecule has 6 heteroatoms. The first kappa shape index (κ1) is 24.3. The van der Waals surface area contributed by atoms with Crippen molar-refractivity contribution >= 4 is 12.0 Å². The van der Waals surface area contributed by atoms with Crippen molar-refractivity contribution in [3.8, 4) is 28.8 Å². The fraction of sp³-hybridized carbons (Fsp3) is 0.345. The monoisotopic (exact) mass is 468 g/mol. The van der Waals surface area contributed by atoms with E-state index < -0.39 is 0 Å². The molecule has 0 aliphatic heterocycles. The molecule has 1 heterocycles. The van der Waals surface area contributed by atoms with Crippen LogP contribution in [0.2, 0.25) is 0 Å². The Kier molecular flexibility index (Phi) is 7.99. The fourth-order valence-electron chi connectivity index (χ4n) is 4.44. The summed E-state index contributed by atoms with van der Waals surface area (Å²) in [5.41, 5.74) is 4.36. The standard InChI is InChI=1S/C29H32N4O2/c1-3-16-35-26-14-15-27(21(2)17-26)28-23(20-33(32-28)25-12-8-5-9-13-25)18-22(19-30)29(34)31-24-10-6-4-7-11-24/h5,8-9,12-15,17-18,20,24H,3-4,6-7,10-11,16H2,1-2H3,(H,31,34)/b22-18+. The van der Waals surface area contributed by atoms with Gasteiger partial charge in [0.15, 0.2) is 0 Å². The van der Waals surface area contributed by atoms with Gasteiger partial charge in [-0.15, -0.1) is 0 Å². The van der Waals surface area contributed by atoms with Gasteiger partial charge in [-0.3, -0.25) is 4.79 Å². The molecule has 0 atom stereocenters. The highest BCUT2D eigenvalue weighted by Gasteiger charge is 2.20. The van der Waals surface area contributed by atoms with Gasteiger partial charge in [-0.25, -0.2) is 4.68 Å². The lowest BCUT2D eigenvalue weighted by molar-refractivity contribution is -0.117. The number of ether oxygens (including phenoxy) is 1. The van der Waals surface area contributed by atoms with Gasteiger partial charge in [0.2, 0.25) is 0 Å². The maximum Gasteiger partial charge on any atom is 0.262 e. The summed E-state index contributed by atoms with van der Waals surface area (Å²) < 4.78 is 7.57. The minimum Gasteiger partial charge on any atom is -0.494 e. The highest BCUT2D eigenvalue weighted by molar-refractivity contribution is 6.02. The molecule has 1 N–H and O–H groups in total. The van der Waals surface area contributed by atoms with Crippen LogP contribution in [0.25, 0.3) is 23.0 Å². The zero-order valence-electron chi connectivity index (χ0n) is 20.5. The van der Waals surface area contributed by atoms with Crippen molar-refractivity contribution in [1.29, 1.82) is 5.26 Å². The molecule has 0 radical (unpaired) electrons. The molecule has 0 unspecified atom stereocenters. The Balaban J connectivity index is 1.72. The zero-order valence-corrected chi connectivity index (χ0v) is 20.5. The Labute approximate surface area is 207 Å². The summed E-state index contributed by atoms with van der Waals surface area (Å²) in [5, 5.41) is 17.7. The molecule has 180 valence electrons. The Bertz CT molecular complexity index is 1230. The number of nitrogens with one attached hydrogen (secondary N) is 1. The summed E-state index contributed by atoms with van der Waals surface area (Å²) >= 11 is 0. The average molecular weight is 469 g/mol. The van der Waals surface area contributed by atoms with Crippen LogP contribution in [0.1, 0.15) is 56.6 Å². The maximum atomic E-state index is 12.9. The lowest BCUT2D eigenvalue weighted by Gasteiger charge is -2.22. The van der Waals surface area contributed by atoms with Crippen molar-refractivity contribution in [2.24, 2.45) is 0 Å². The molecule has 1 saturated carbocycles. The molecule has 0 spiro atoms. The van der Waals surface area contributed by atoms with Crippen LogP contribution >= 0.6 is 0 Å². The van der Waals surface area contributed by atoms with E-state index in [2.05, 4.69) is 18.3 Å². The molecule has 6 nitrogen and oxygen atoms in total. The Morgan fingerprint density at radius 3 is 2.66 bits per heavy atom. The molecular formula is C29H32N4O2. The average Bonchev–Trinajstić information content (AvgIpc) is 3.30. The van der Waals surface area contributed by atoms with E-state index in [1.54, 1.807) is 10.8 Å². The molecule has 2 aromatic carbocycles. The summed E-state index contributed by atoms with van der Waals surface area (Å²) in [7, 11) is 0. The van der Waals surface area contributed by atoms with Gasteiger partial charge in [-0.05, 0) is 68.2 Å². The molecule has 0 saturated heterocycles. The minimum absolute atomic E-state index is 0.0880. The van der Waals surface area contributed by atoms with Gasteiger partial charge < -0.3 is 10.1 Å². The van der Waals surface area contributed by atoms with Crippen molar-refractivity contribution in [3.05, 3.63) is 71.4 Å². The number of aryl methyl sites for hydroxylation is 1. The largest absolute Gasteiger partial charge is 0.494 e. The van der Waals surface area contributed by atoms with Crippen LogP contribution in [0.4, 0.5) is 0 Å². The number of hydrogen-bond acceptors (Lipinski definition) is 4. The number of amides is 1. The molecule has 4 rings (SSSR count). The summed E-state index contributed by atoms with van der Waals surface area (Å²) in [6, 6.07) is 18.0. The van der Waals surface area contributed by atoms with Crippen LogP contribution < -0.4 is 10.1 Å². The van der Waals surface area contributed by atoms with Gasteiger partial charge in [-0.1, -0.05) is 44.4 Å². The smallest absolute Gasteiger partial charge is 0.262 e. The Morgan fingerprint density at radius 1 is 1.20 bits per heavy atom. The number of benzene rings is 2. The first-order chi connectivity index (χ1) is 17.1. The van der Waals surface area contributed by atoms with Crippen LogP contribution in [-0.2, 0) is 4.79 Å². The molecule has 35 heavy (non-hydrogen) atoms. The van der Waals surface area contributed by atoms with Crippen molar-refractivity contribution in [1.82, 2.24) is 15.1 Å². The molecule has 3 aromatic rings. The van der Waals surface area contributed by atoms with Crippen molar-refractivity contribution in [2.75, 3.05) is 6.61 Å². The summed E-state index contributed by atoms with van der Waals surface area (Å²) in [6.07, 6.45) is 9.83. The highest BCUT2D eigenvalue weighted by Crippen LogP contribution is 2.31. The van der Waals surface area contributed by atoms with E-state index in [0.717, 1.165) is 60.2 Å². The van der Waals surface area contributed by atoms with E-state index >= 15 is 0 Å². The van der Waals surface area contributed by atoms with E-state index in [9.17, 15) is 10.1 Å². The number of nitrogens with zero attached hydrogens (tertiary/aromatic N) is 3. The predicted octanol–water partition coefficient (Wildman–Crippen LogP) is 5.99. The number of aromatic nitrogens is 2. The summed E-state index contributed by atoms with van der Waals surface area (Å²) in [6.45, 7) is 4.76. The number of carbonyl (C=O) groups is 1. The molecule has 1 fully saturated rings. The molecule has 0 bridgehead atoms. The van der Waals surface area contributed by atoms with Gasteiger partial charge in [0.05, 0.1) is 12.3 Å². The van der Waals surface area contributed by atoms with Crippen LogP contribution in [0.15, 0.2) is 60.3 Å². The fourth-order valence-corrected chi connectivity index (χ4v) is 4.44. The van der Waals surface area contributed by atoms with Crippen LogP contribution in [0, 0.1) is 18.3 Å².